The molecule has 4 aromatic rings. The van der Waals surface area contributed by atoms with Crippen LogP contribution >= 0.6 is 0 Å². The van der Waals surface area contributed by atoms with E-state index in [0.717, 1.165) is 42.7 Å². The number of halogens is 5. The predicted molar refractivity (Wildman–Crippen MR) is 142 cm³/mol. The van der Waals surface area contributed by atoms with Crippen LogP contribution in [0.2, 0.25) is 0 Å². The molecule has 0 aliphatic carbocycles. The van der Waals surface area contributed by atoms with E-state index in [0.29, 0.717) is 29.4 Å². The molecule has 1 nitrogen and oxygen atoms in total. The Labute approximate surface area is 219 Å². The van der Waals surface area contributed by atoms with Gasteiger partial charge in [-0.15, -0.1) is 6.58 Å². The Balaban J connectivity index is 1.37. The van der Waals surface area contributed by atoms with E-state index >= 15 is 4.39 Å². The molecule has 0 N–H and O–H groups in total. The molecule has 0 aromatic heterocycles. The van der Waals surface area contributed by atoms with Gasteiger partial charge in [-0.2, -0.15) is 13.2 Å². The Bertz CT molecular complexity index is 1390. The molecule has 198 valence electrons. The highest BCUT2D eigenvalue weighted by Crippen LogP contribution is 2.26. The first kappa shape index (κ1) is 27.4. The summed E-state index contributed by atoms with van der Waals surface area (Å²) in [6.45, 7) is 2.20. The molecule has 0 saturated heterocycles. The number of hydrogen-bond acceptors (Lipinski definition) is 1. The van der Waals surface area contributed by atoms with Gasteiger partial charge in [-0.05, 0) is 83.9 Å². The van der Waals surface area contributed by atoms with Crippen LogP contribution in [0, 0.1) is 11.6 Å². The van der Waals surface area contributed by atoms with Crippen molar-refractivity contribution in [3.05, 3.63) is 125 Å². The van der Waals surface area contributed by atoms with Crippen LogP contribution in [0.25, 0.3) is 10.8 Å². The van der Waals surface area contributed by atoms with Crippen molar-refractivity contribution >= 4 is 10.8 Å². The molecule has 0 bridgehead atoms. The van der Waals surface area contributed by atoms with E-state index in [2.05, 4.69) is 35.6 Å². The smallest absolute Gasteiger partial charge is 0.422 e. The average molecular weight is 525 g/mol. The molecule has 0 radical (unpaired) electrons. The zero-order valence-electron chi connectivity index (χ0n) is 21.0. The number of alkyl halides is 3. The van der Waals surface area contributed by atoms with E-state index in [-0.39, 0.29) is 5.82 Å². The number of hydrogen-bond donors (Lipinski definition) is 0. The van der Waals surface area contributed by atoms with E-state index in [1.165, 1.54) is 23.3 Å². The molecule has 0 aliphatic rings. The van der Waals surface area contributed by atoms with Crippen molar-refractivity contribution in [2.75, 3.05) is 6.61 Å². The van der Waals surface area contributed by atoms with Crippen molar-refractivity contribution in [3.8, 4) is 5.75 Å². The lowest BCUT2D eigenvalue weighted by atomic mass is 9.97. The third-order valence-electron chi connectivity index (χ3n) is 6.53. The summed E-state index contributed by atoms with van der Waals surface area (Å²) >= 11 is 0. The summed E-state index contributed by atoms with van der Waals surface area (Å²) < 4.78 is 70.8. The summed E-state index contributed by atoms with van der Waals surface area (Å²) in [5.41, 5.74) is 4.72. The molecule has 0 fully saturated rings. The number of fused-ring (bicyclic) bond motifs is 1. The maximum Gasteiger partial charge on any atom is 0.422 e. The molecule has 0 unspecified atom stereocenters. The molecule has 0 amide bonds. The lowest BCUT2D eigenvalue weighted by Gasteiger charge is -2.11. The Morgan fingerprint density at radius 1 is 0.684 bits per heavy atom. The fourth-order valence-corrected chi connectivity index (χ4v) is 4.42. The van der Waals surface area contributed by atoms with Crippen LogP contribution in [-0.2, 0) is 32.1 Å². The minimum Gasteiger partial charge on any atom is -0.481 e. The second kappa shape index (κ2) is 12.2. The van der Waals surface area contributed by atoms with Crippen molar-refractivity contribution in [2.24, 2.45) is 0 Å². The van der Waals surface area contributed by atoms with Gasteiger partial charge in [0.2, 0.25) is 0 Å². The topological polar surface area (TPSA) is 9.23 Å². The van der Waals surface area contributed by atoms with Gasteiger partial charge in [0, 0.05) is 5.39 Å². The monoisotopic (exact) mass is 524 g/mol. The second-order valence-electron chi connectivity index (χ2n) is 9.41. The summed E-state index contributed by atoms with van der Waals surface area (Å²) in [6.07, 6.45) is 1.73. The average Bonchev–Trinajstić information content (AvgIpc) is 2.90. The van der Waals surface area contributed by atoms with Crippen LogP contribution in [0.1, 0.15) is 34.2 Å². The lowest BCUT2D eigenvalue weighted by molar-refractivity contribution is -0.153. The molecule has 38 heavy (non-hydrogen) atoms. The Morgan fingerprint density at radius 2 is 1.29 bits per heavy atom. The summed E-state index contributed by atoms with van der Waals surface area (Å²) in [4.78, 5) is 0. The summed E-state index contributed by atoms with van der Waals surface area (Å²) in [5.74, 6) is -1.64. The summed E-state index contributed by atoms with van der Waals surface area (Å²) in [5, 5.41) is 1.35. The van der Waals surface area contributed by atoms with Crippen molar-refractivity contribution < 1.29 is 26.7 Å². The normalized spacial score (nSPS) is 11.6. The van der Waals surface area contributed by atoms with E-state index in [1.807, 2.05) is 24.3 Å². The van der Waals surface area contributed by atoms with Gasteiger partial charge in [0.25, 0.3) is 0 Å². The Kier molecular flexibility index (Phi) is 8.82. The maximum atomic E-state index is 15.2. The van der Waals surface area contributed by atoms with Crippen LogP contribution < -0.4 is 4.74 Å². The fraction of sp³-hybridized carbons (Fsp3) is 0.250. The van der Waals surface area contributed by atoms with Crippen LogP contribution in [-0.4, -0.2) is 12.8 Å². The number of benzene rings is 4. The van der Waals surface area contributed by atoms with Gasteiger partial charge in [-0.25, -0.2) is 8.78 Å². The molecule has 0 heterocycles. The van der Waals surface area contributed by atoms with Gasteiger partial charge in [0.05, 0.1) is 0 Å². The van der Waals surface area contributed by atoms with Gasteiger partial charge < -0.3 is 4.74 Å². The highest BCUT2D eigenvalue weighted by atomic mass is 19.4. The Hall–Kier alpha value is -3.67. The highest BCUT2D eigenvalue weighted by Gasteiger charge is 2.29. The predicted octanol–water partition coefficient (Wildman–Crippen LogP) is 8.75. The first-order chi connectivity index (χ1) is 18.2. The first-order valence-electron chi connectivity index (χ1n) is 12.6. The van der Waals surface area contributed by atoms with Crippen molar-refractivity contribution in [1.29, 1.82) is 0 Å². The van der Waals surface area contributed by atoms with Crippen LogP contribution in [0.15, 0.2) is 85.5 Å². The Morgan fingerprint density at radius 3 is 1.97 bits per heavy atom. The number of rotatable bonds is 11. The zero-order chi connectivity index (χ0) is 27.1. The molecule has 4 aromatic carbocycles. The number of aryl methyl sites for hydroxylation is 5. The molecule has 4 rings (SSSR count). The number of allylic oxidation sites excluding steroid dienone is 1. The molecular weight excluding hydrogens is 495 g/mol. The zero-order valence-corrected chi connectivity index (χ0v) is 21.0. The lowest BCUT2D eigenvalue weighted by Crippen LogP contribution is -2.19. The van der Waals surface area contributed by atoms with Crippen molar-refractivity contribution in [3.63, 3.8) is 0 Å². The standard InChI is InChI=1S/C32H29F5O/c1-2-3-4-22-5-7-23(8-6-22)9-10-24-12-17-28-27(19-24)16-15-26(31(28)34)14-11-25-13-18-30(29(33)20-25)38-21-32(35,36)37/h2,5-8,12-13,15-20H,1,3-4,9-11,14,21H2. The summed E-state index contributed by atoms with van der Waals surface area (Å²) in [7, 11) is 0. The summed E-state index contributed by atoms with van der Waals surface area (Å²) in [6, 6.07) is 21.8. The quantitative estimate of drug-likeness (QED) is 0.141. The van der Waals surface area contributed by atoms with Crippen molar-refractivity contribution in [2.45, 2.75) is 44.7 Å². The van der Waals surface area contributed by atoms with Crippen molar-refractivity contribution in [1.82, 2.24) is 0 Å². The second-order valence-corrected chi connectivity index (χ2v) is 9.41. The molecule has 6 heteroatoms. The molecular formula is C32H29F5O. The van der Waals surface area contributed by atoms with Crippen LogP contribution in [0.3, 0.4) is 0 Å². The van der Waals surface area contributed by atoms with E-state index in [4.69, 9.17) is 0 Å². The molecule has 0 atom stereocenters. The third-order valence-corrected chi connectivity index (χ3v) is 6.53. The minimum atomic E-state index is -4.54. The fourth-order valence-electron chi connectivity index (χ4n) is 4.42. The van der Waals surface area contributed by atoms with Gasteiger partial charge in [-0.1, -0.05) is 66.7 Å². The molecule has 0 saturated carbocycles. The maximum absolute atomic E-state index is 15.2. The molecule has 0 spiro atoms. The van der Waals surface area contributed by atoms with E-state index < -0.39 is 24.3 Å². The number of ether oxygens (including phenoxy) is 1. The van der Waals surface area contributed by atoms with Gasteiger partial charge in [0.15, 0.2) is 18.2 Å². The van der Waals surface area contributed by atoms with Crippen LogP contribution in [0.5, 0.6) is 5.75 Å². The SMILES string of the molecule is C=CCCc1ccc(CCc2ccc3c(F)c(CCc4ccc(OCC(F)(F)F)c(F)c4)ccc3c2)cc1. The minimum absolute atomic E-state index is 0.310. The molecule has 0 aliphatic heterocycles. The third kappa shape index (κ3) is 7.44. The van der Waals surface area contributed by atoms with Gasteiger partial charge >= 0.3 is 6.18 Å². The van der Waals surface area contributed by atoms with Crippen LogP contribution in [0.4, 0.5) is 22.0 Å². The van der Waals surface area contributed by atoms with E-state index in [1.54, 1.807) is 12.1 Å². The first-order valence-corrected chi connectivity index (χ1v) is 12.6. The highest BCUT2D eigenvalue weighted by molar-refractivity contribution is 5.84. The van der Waals surface area contributed by atoms with E-state index in [9.17, 15) is 17.6 Å². The van der Waals surface area contributed by atoms with Gasteiger partial charge in [0.1, 0.15) is 5.82 Å². The largest absolute Gasteiger partial charge is 0.481 e. The van der Waals surface area contributed by atoms with Gasteiger partial charge in [-0.3, -0.25) is 0 Å².